The molecule has 10 nitrogen and oxygen atoms in total. The maximum absolute atomic E-state index is 12.9. The summed E-state index contributed by atoms with van der Waals surface area (Å²) >= 11 is 0. The Hall–Kier alpha value is -2.66. The molecule has 1 aliphatic rings. The van der Waals surface area contributed by atoms with Gasteiger partial charge in [-0.2, -0.15) is 4.31 Å². The second kappa shape index (κ2) is 7.16. The van der Waals surface area contributed by atoms with Gasteiger partial charge in [-0.1, -0.05) is 5.21 Å². The Morgan fingerprint density at radius 1 is 1.22 bits per heavy atom. The molecule has 0 atom stereocenters. The third kappa shape index (κ3) is 3.47. The fraction of sp³-hybridized carbons (Fsp3) is 0.438. The molecule has 0 aliphatic carbocycles. The zero-order valence-corrected chi connectivity index (χ0v) is 16.3. The van der Waals surface area contributed by atoms with Gasteiger partial charge in [-0.05, 0) is 12.1 Å². The molecule has 2 aromatic rings. The average Bonchev–Trinajstić information content (AvgIpc) is 3.08. The molecule has 0 radical (unpaired) electrons. The molecule has 1 aromatic carbocycles. The second-order valence-corrected chi connectivity index (χ2v) is 8.18. The number of hydrogen-bond acceptors (Lipinski definition) is 7. The summed E-state index contributed by atoms with van der Waals surface area (Å²) in [5, 5.41) is 7.80. The lowest BCUT2D eigenvalue weighted by molar-refractivity contribution is 0.0821. The van der Waals surface area contributed by atoms with Gasteiger partial charge in [0.05, 0.1) is 26.5 Å². The van der Waals surface area contributed by atoms with Gasteiger partial charge in [0.15, 0.2) is 5.69 Å². The van der Waals surface area contributed by atoms with E-state index in [1.54, 1.807) is 26.2 Å². The Balaban J connectivity index is 1.76. The van der Waals surface area contributed by atoms with Crippen LogP contribution in [0.25, 0.3) is 0 Å². The predicted octanol–water partition coefficient (Wildman–Crippen LogP) is 0.243. The minimum absolute atomic E-state index is 0.0462. The van der Waals surface area contributed by atoms with E-state index in [1.807, 2.05) is 0 Å². The van der Waals surface area contributed by atoms with Crippen molar-refractivity contribution in [2.75, 3.05) is 41.4 Å². The molecule has 146 valence electrons. The van der Waals surface area contributed by atoms with E-state index in [2.05, 4.69) is 10.3 Å². The van der Waals surface area contributed by atoms with Gasteiger partial charge < -0.3 is 14.4 Å². The Kier molecular flexibility index (Phi) is 5.07. The number of carbonyl (C=O) groups is 1. The Bertz CT molecular complexity index is 950. The van der Waals surface area contributed by atoms with Crippen LogP contribution >= 0.6 is 0 Å². The van der Waals surface area contributed by atoms with E-state index < -0.39 is 10.0 Å². The number of hydrogen-bond donors (Lipinski definition) is 0. The molecule has 1 fully saturated rings. The summed E-state index contributed by atoms with van der Waals surface area (Å²) in [5.74, 6) is 0.416. The largest absolute Gasteiger partial charge is 0.497 e. The number of aromatic nitrogens is 3. The van der Waals surface area contributed by atoms with Crippen LogP contribution in [0.4, 0.5) is 0 Å². The molecule has 0 N–H and O–H groups in total. The number of rotatable bonds is 6. The minimum Gasteiger partial charge on any atom is -0.497 e. The Morgan fingerprint density at radius 2 is 1.93 bits per heavy atom. The molecular formula is C16H21N5O5S. The summed E-state index contributed by atoms with van der Waals surface area (Å²) < 4.78 is 39.0. The van der Waals surface area contributed by atoms with Crippen LogP contribution in [-0.4, -0.2) is 79.9 Å². The number of methoxy groups -OCH3 is 2. The van der Waals surface area contributed by atoms with Crippen molar-refractivity contribution >= 4 is 15.9 Å². The number of ether oxygens (including phenoxy) is 2. The van der Waals surface area contributed by atoms with Crippen LogP contribution in [0, 0.1) is 0 Å². The van der Waals surface area contributed by atoms with Gasteiger partial charge in [0.2, 0.25) is 10.0 Å². The second-order valence-electron chi connectivity index (χ2n) is 6.28. The van der Waals surface area contributed by atoms with Gasteiger partial charge in [0.1, 0.15) is 16.4 Å². The fourth-order valence-corrected chi connectivity index (χ4v) is 4.37. The number of carbonyl (C=O) groups excluding carboxylic acids is 1. The molecule has 2 heterocycles. The fourth-order valence-electron chi connectivity index (χ4n) is 2.69. The smallest absolute Gasteiger partial charge is 0.275 e. The van der Waals surface area contributed by atoms with Crippen molar-refractivity contribution in [2.45, 2.75) is 10.9 Å². The molecule has 0 unspecified atom stereocenters. The first-order chi connectivity index (χ1) is 12.8. The topological polar surface area (TPSA) is 107 Å². The lowest BCUT2D eigenvalue weighted by Gasteiger charge is -2.37. The van der Waals surface area contributed by atoms with Gasteiger partial charge >= 0.3 is 0 Å². The van der Waals surface area contributed by atoms with Crippen LogP contribution < -0.4 is 9.47 Å². The van der Waals surface area contributed by atoms with Gasteiger partial charge in [0.25, 0.3) is 5.91 Å². The summed E-state index contributed by atoms with van der Waals surface area (Å²) in [6, 6.07) is 4.44. The first-order valence-corrected chi connectivity index (χ1v) is 9.57. The number of sulfonamides is 1. The summed E-state index contributed by atoms with van der Waals surface area (Å²) in [6.07, 6.45) is 1.53. The van der Waals surface area contributed by atoms with Crippen molar-refractivity contribution in [2.24, 2.45) is 0 Å². The normalized spacial score (nSPS) is 15.3. The highest BCUT2D eigenvalue weighted by molar-refractivity contribution is 7.89. The molecule has 27 heavy (non-hydrogen) atoms. The van der Waals surface area contributed by atoms with Crippen LogP contribution in [0.2, 0.25) is 0 Å². The van der Waals surface area contributed by atoms with E-state index in [0.717, 1.165) is 0 Å². The van der Waals surface area contributed by atoms with Gasteiger partial charge in [-0.15, -0.1) is 5.10 Å². The van der Waals surface area contributed by atoms with E-state index in [4.69, 9.17) is 9.47 Å². The summed E-state index contributed by atoms with van der Waals surface area (Å²) in [5.41, 5.74) is 0.218. The van der Waals surface area contributed by atoms with Crippen molar-refractivity contribution in [3.05, 3.63) is 30.1 Å². The van der Waals surface area contributed by atoms with Crippen LogP contribution in [0.5, 0.6) is 11.5 Å². The van der Waals surface area contributed by atoms with E-state index in [-0.39, 0.29) is 41.4 Å². The van der Waals surface area contributed by atoms with Crippen molar-refractivity contribution < 1.29 is 22.7 Å². The van der Waals surface area contributed by atoms with Crippen molar-refractivity contribution in [3.8, 4) is 11.5 Å². The first-order valence-electron chi connectivity index (χ1n) is 8.13. The van der Waals surface area contributed by atoms with Crippen LogP contribution in [0.15, 0.2) is 29.3 Å². The highest BCUT2D eigenvalue weighted by atomic mass is 32.2. The summed E-state index contributed by atoms with van der Waals surface area (Å²) in [4.78, 5) is 13.4. The molecule has 1 saturated heterocycles. The quantitative estimate of drug-likeness (QED) is 0.690. The third-order valence-electron chi connectivity index (χ3n) is 4.33. The Labute approximate surface area is 157 Å². The molecule has 1 aromatic heterocycles. The Morgan fingerprint density at radius 3 is 2.52 bits per heavy atom. The van der Waals surface area contributed by atoms with E-state index in [1.165, 1.54) is 40.4 Å². The first kappa shape index (κ1) is 19.1. The van der Waals surface area contributed by atoms with Gasteiger partial charge in [-0.25, -0.2) is 13.1 Å². The highest BCUT2D eigenvalue weighted by Gasteiger charge is 2.40. The highest BCUT2D eigenvalue weighted by Crippen LogP contribution is 2.34. The van der Waals surface area contributed by atoms with Gasteiger partial charge in [0, 0.05) is 33.3 Å². The van der Waals surface area contributed by atoms with Crippen molar-refractivity contribution in [1.29, 1.82) is 0 Å². The molecule has 0 bridgehead atoms. The van der Waals surface area contributed by atoms with E-state index in [0.29, 0.717) is 5.75 Å². The molecule has 0 saturated carbocycles. The molecular weight excluding hydrogens is 374 g/mol. The maximum Gasteiger partial charge on any atom is 0.275 e. The maximum atomic E-state index is 12.9. The molecule has 1 aliphatic heterocycles. The monoisotopic (exact) mass is 395 g/mol. The molecule has 3 rings (SSSR count). The summed E-state index contributed by atoms with van der Waals surface area (Å²) in [7, 11) is 2.38. The van der Waals surface area contributed by atoms with E-state index in [9.17, 15) is 13.2 Å². The number of benzene rings is 1. The number of amides is 1. The standard InChI is InChI=1S/C16H21N5O5S/c1-19(2)16(22)13-10-21(18-17-13)11-8-20(9-11)27(23,24)15-7-12(25-3)5-6-14(15)26-4/h5-7,10-11H,8-9H2,1-4H3. The van der Waals surface area contributed by atoms with Gasteiger partial charge in [-0.3, -0.25) is 4.79 Å². The third-order valence-corrected chi connectivity index (χ3v) is 6.18. The van der Waals surface area contributed by atoms with E-state index >= 15 is 0 Å². The zero-order chi connectivity index (χ0) is 19.8. The van der Waals surface area contributed by atoms with Crippen LogP contribution in [-0.2, 0) is 10.0 Å². The van der Waals surface area contributed by atoms with Crippen LogP contribution in [0.1, 0.15) is 16.5 Å². The lowest BCUT2D eigenvalue weighted by atomic mass is 10.2. The summed E-state index contributed by atoms with van der Waals surface area (Å²) in [6.45, 7) is 0.448. The van der Waals surface area contributed by atoms with Crippen molar-refractivity contribution in [3.63, 3.8) is 0 Å². The van der Waals surface area contributed by atoms with Crippen LogP contribution in [0.3, 0.4) is 0 Å². The molecule has 11 heteroatoms. The average molecular weight is 395 g/mol. The SMILES string of the molecule is COc1ccc(OC)c(S(=O)(=O)N2CC(n3cc(C(=O)N(C)C)nn3)C2)c1. The van der Waals surface area contributed by atoms with Crippen molar-refractivity contribution in [1.82, 2.24) is 24.2 Å². The zero-order valence-electron chi connectivity index (χ0n) is 15.5. The number of nitrogens with zero attached hydrogens (tertiary/aromatic N) is 5. The predicted molar refractivity (Wildman–Crippen MR) is 95.4 cm³/mol. The lowest BCUT2D eigenvalue weighted by Crippen LogP contribution is -2.50. The minimum atomic E-state index is -3.75. The molecule has 0 spiro atoms. The molecule has 1 amide bonds.